The summed E-state index contributed by atoms with van der Waals surface area (Å²) in [5.41, 5.74) is 6.04. The fourth-order valence-corrected chi connectivity index (χ4v) is 5.23. The van der Waals surface area contributed by atoms with Crippen molar-refractivity contribution in [3.8, 4) is 0 Å². The Morgan fingerprint density at radius 3 is 2.88 bits per heavy atom. The van der Waals surface area contributed by atoms with Gasteiger partial charge in [0.15, 0.2) is 5.78 Å². The number of nitrogens with two attached hydrogens (primary N) is 2. The second-order valence-corrected chi connectivity index (χ2v) is 8.02. The number of nitrogens with zero attached hydrogens (tertiary/aromatic N) is 2. The molecule has 1 aromatic carbocycles. The number of hydrogen-bond donors (Lipinski definition) is 2. The van der Waals surface area contributed by atoms with E-state index in [1.165, 1.54) is 18.5 Å². The number of benzene rings is 1. The van der Waals surface area contributed by atoms with E-state index in [4.69, 9.17) is 23.2 Å². The van der Waals surface area contributed by atoms with Crippen LogP contribution in [0.15, 0.2) is 35.5 Å². The number of sulfonamides is 1. The average Bonchev–Trinajstić information content (AvgIpc) is 2.97. The Bertz CT molecular complexity index is 916. The molecule has 25 heavy (non-hydrogen) atoms. The lowest BCUT2D eigenvalue weighted by molar-refractivity contribution is -0.128. The number of rotatable bonds is 5. The van der Waals surface area contributed by atoms with Crippen LogP contribution in [0, 0.1) is 5.92 Å². The molecular formula is C15H17ClN4O4S. The Balaban J connectivity index is 2.03. The van der Waals surface area contributed by atoms with Gasteiger partial charge in [-0.05, 0) is 12.5 Å². The monoisotopic (exact) mass is 384 g/mol. The minimum absolute atomic E-state index is 0.0380. The summed E-state index contributed by atoms with van der Waals surface area (Å²) in [5, 5.41) is 1.21. The van der Waals surface area contributed by atoms with Crippen LogP contribution in [-0.2, 0) is 19.7 Å². The number of halogens is 1. The molecule has 0 bridgehead atoms. The van der Waals surface area contributed by atoms with E-state index in [-0.39, 0.29) is 28.9 Å². The molecule has 2 heterocycles. The molecule has 1 aliphatic heterocycles. The third-order valence-electron chi connectivity index (χ3n) is 4.33. The smallest absolute Gasteiger partial charge is 0.245 e. The van der Waals surface area contributed by atoms with E-state index in [0.29, 0.717) is 17.2 Å². The van der Waals surface area contributed by atoms with E-state index in [9.17, 15) is 13.2 Å². The Labute approximate surface area is 149 Å². The van der Waals surface area contributed by atoms with Crippen LogP contribution >= 0.6 is 11.6 Å². The summed E-state index contributed by atoms with van der Waals surface area (Å²) in [5.74, 6) is 3.93. The molecule has 3 rings (SSSR count). The van der Waals surface area contributed by atoms with Crippen LogP contribution in [0.2, 0.25) is 5.02 Å². The Morgan fingerprint density at radius 1 is 1.40 bits per heavy atom. The van der Waals surface area contributed by atoms with Crippen molar-refractivity contribution in [2.24, 2.45) is 17.5 Å². The summed E-state index contributed by atoms with van der Waals surface area (Å²) in [6.07, 6.45) is 2.25. The second kappa shape index (κ2) is 6.94. The van der Waals surface area contributed by atoms with Gasteiger partial charge in [-0.2, -0.15) is 4.31 Å². The van der Waals surface area contributed by atoms with Crippen LogP contribution in [0.25, 0.3) is 10.8 Å². The molecule has 1 fully saturated rings. The van der Waals surface area contributed by atoms with E-state index in [0.717, 1.165) is 4.31 Å². The summed E-state index contributed by atoms with van der Waals surface area (Å²) in [6, 6.07) is 4.80. The van der Waals surface area contributed by atoms with Gasteiger partial charge in [0.1, 0.15) is 6.61 Å². The van der Waals surface area contributed by atoms with Crippen molar-refractivity contribution in [2.45, 2.75) is 17.5 Å². The van der Waals surface area contributed by atoms with Crippen molar-refractivity contribution in [1.29, 1.82) is 0 Å². The molecule has 0 radical (unpaired) electrons. The molecule has 1 aliphatic rings. The van der Waals surface area contributed by atoms with Crippen LogP contribution in [-0.4, -0.2) is 42.8 Å². The Morgan fingerprint density at radius 2 is 2.16 bits per heavy atom. The Kier molecular flexibility index (Phi) is 5.05. The van der Waals surface area contributed by atoms with Gasteiger partial charge >= 0.3 is 0 Å². The highest BCUT2D eigenvalue weighted by Crippen LogP contribution is 2.34. The highest BCUT2D eigenvalue weighted by atomic mass is 35.5. The maximum atomic E-state index is 13.1. The first kappa shape index (κ1) is 18.2. The molecule has 2 aromatic rings. The third kappa shape index (κ3) is 3.14. The highest BCUT2D eigenvalue weighted by molar-refractivity contribution is 7.89. The van der Waals surface area contributed by atoms with Gasteiger partial charge in [0.05, 0.1) is 22.0 Å². The molecule has 0 spiro atoms. The van der Waals surface area contributed by atoms with Crippen LogP contribution in [0.3, 0.4) is 0 Å². The van der Waals surface area contributed by atoms with Gasteiger partial charge in [-0.1, -0.05) is 23.7 Å². The molecule has 1 saturated heterocycles. The minimum Gasteiger partial charge on any atom is -0.314 e. The quantitative estimate of drug-likeness (QED) is 0.724. The zero-order valence-corrected chi connectivity index (χ0v) is 14.7. The number of fused-ring (bicyclic) bond motifs is 1. The molecule has 2 atom stereocenters. The standard InChI is InChI=1S/C15H17ClN4O4S/c16-11-7-19-6-9-2-1-3-13(14(9)11)25(22,23)20-5-4-10(15(20)17)12(21)8-24-18/h1-3,6-7,10,15H,4-5,8,17-18H2/t10?,15-/m0/s1. The second-order valence-electron chi connectivity index (χ2n) is 5.75. The lowest BCUT2D eigenvalue weighted by Gasteiger charge is -2.24. The third-order valence-corrected chi connectivity index (χ3v) is 6.56. The number of carbonyl (C=O) groups is 1. The van der Waals surface area contributed by atoms with E-state index < -0.39 is 22.1 Å². The fourth-order valence-electron chi connectivity index (χ4n) is 3.11. The number of hydrogen-bond acceptors (Lipinski definition) is 7. The van der Waals surface area contributed by atoms with E-state index in [2.05, 4.69) is 9.82 Å². The van der Waals surface area contributed by atoms with Crippen molar-refractivity contribution in [2.75, 3.05) is 13.2 Å². The molecule has 0 aliphatic carbocycles. The lowest BCUT2D eigenvalue weighted by Crippen LogP contribution is -2.46. The molecule has 1 aromatic heterocycles. The normalized spacial score (nSPS) is 21.7. The van der Waals surface area contributed by atoms with Gasteiger partial charge in [0.25, 0.3) is 0 Å². The van der Waals surface area contributed by atoms with E-state index in [1.54, 1.807) is 12.1 Å². The molecule has 8 nitrogen and oxygen atoms in total. The van der Waals surface area contributed by atoms with Crippen molar-refractivity contribution >= 4 is 38.2 Å². The average molecular weight is 385 g/mol. The van der Waals surface area contributed by atoms with Crippen LogP contribution in [0.1, 0.15) is 6.42 Å². The van der Waals surface area contributed by atoms with Crippen molar-refractivity contribution in [1.82, 2.24) is 9.29 Å². The first-order chi connectivity index (χ1) is 11.9. The van der Waals surface area contributed by atoms with E-state index in [1.807, 2.05) is 0 Å². The largest absolute Gasteiger partial charge is 0.314 e. The zero-order valence-electron chi connectivity index (χ0n) is 13.1. The number of aromatic nitrogens is 1. The summed E-state index contributed by atoms with van der Waals surface area (Å²) in [4.78, 5) is 20.3. The zero-order chi connectivity index (χ0) is 18.2. The van der Waals surface area contributed by atoms with Crippen molar-refractivity contribution < 1.29 is 18.0 Å². The lowest BCUT2D eigenvalue weighted by atomic mass is 10.0. The molecule has 134 valence electrons. The number of carbonyl (C=O) groups excluding carboxylic acids is 1. The maximum Gasteiger partial charge on any atom is 0.245 e. The van der Waals surface area contributed by atoms with Crippen LogP contribution in [0.4, 0.5) is 0 Å². The predicted octanol–water partition coefficient (Wildman–Crippen LogP) is 0.643. The van der Waals surface area contributed by atoms with Gasteiger partial charge in [-0.3, -0.25) is 14.6 Å². The summed E-state index contributed by atoms with van der Waals surface area (Å²) in [7, 11) is -3.95. The van der Waals surface area contributed by atoms with Gasteiger partial charge < -0.3 is 5.73 Å². The number of ketones is 1. The molecular weight excluding hydrogens is 368 g/mol. The topological polar surface area (TPSA) is 129 Å². The van der Waals surface area contributed by atoms with Gasteiger partial charge in [-0.25, -0.2) is 14.3 Å². The summed E-state index contributed by atoms with van der Waals surface area (Å²) >= 11 is 6.17. The van der Waals surface area contributed by atoms with Crippen molar-refractivity contribution in [3.05, 3.63) is 35.6 Å². The highest BCUT2D eigenvalue weighted by Gasteiger charge is 2.43. The number of pyridine rings is 1. The predicted molar refractivity (Wildman–Crippen MR) is 91.9 cm³/mol. The van der Waals surface area contributed by atoms with Crippen LogP contribution < -0.4 is 11.6 Å². The SMILES string of the molecule is NOCC(=O)C1CCN(S(=O)(=O)c2cccc3cncc(Cl)c23)[C@@H]1N. The molecule has 4 N–H and O–H groups in total. The Hall–Kier alpha value is -1.62. The van der Waals surface area contributed by atoms with Gasteiger partial charge in [0.2, 0.25) is 10.0 Å². The van der Waals surface area contributed by atoms with Crippen molar-refractivity contribution in [3.63, 3.8) is 0 Å². The van der Waals surface area contributed by atoms with Gasteiger partial charge in [0, 0.05) is 29.7 Å². The van der Waals surface area contributed by atoms with E-state index >= 15 is 0 Å². The molecule has 0 amide bonds. The summed E-state index contributed by atoms with van der Waals surface area (Å²) < 4.78 is 27.4. The minimum atomic E-state index is -3.95. The first-order valence-corrected chi connectivity index (χ1v) is 9.33. The maximum absolute atomic E-state index is 13.1. The first-order valence-electron chi connectivity index (χ1n) is 7.52. The van der Waals surface area contributed by atoms with Gasteiger partial charge in [-0.15, -0.1) is 0 Å². The molecule has 10 heteroatoms. The summed E-state index contributed by atoms with van der Waals surface area (Å²) in [6.45, 7) is -0.179. The van der Waals surface area contributed by atoms with Crippen LogP contribution in [0.5, 0.6) is 0 Å². The number of Topliss-reactive ketones (excluding diaryl/α,β-unsaturated/α-hetero) is 1. The fraction of sp³-hybridized carbons (Fsp3) is 0.333. The molecule has 0 saturated carbocycles. The molecule has 1 unspecified atom stereocenters.